The number of hydrogen-bond donors (Lipinski definition) is 1. The van der Waals surface area contributed by atoms with Gasteiger partial charge in [0.2, 0.25) is 0 Å². The van der Waals surface area contributed by atoms with Crippen LogP contribution in [0.4, 0.5) is 8.78 Å². The predicted molar refractivity (Wildman–Crippen MR) is 92.5 cm³/mol. The van der Waals surface area contributed by atoms with Crippen LogP contribution in [0.3, 0.4) is 0 Å². The van der Waals surface area contributed by atoms with Gasteiger partial charge in [-0.1, -0.05) is 24.6 Å². The summed E-state index contributed by atoms with van der Waals surface area (Å²) in [6.45, 7) is 3.84. The Labute approximate surface area is 141 Å². The average Bonchev–Trinajstić information content (AvgIpc) is 2.55. The second kappa shape index (κ2) is 7.43. The van der Waals surface area contributed by atoms with Crippen LogP contribution in [0.2, 0.25) is 0 Å². The van der Waals surface area contributed by atoms with E-state index in [1.165, 1.54) is 7.05 Å². The monoisotopic (exact) mass is 332 g/mol. The largest absolute Gasteiger partial charge is 0.371 e. The van der Waals surface area contributed by atoms with Crippen LogP contribution in [-0.4, -0.2) is 30.9 Å². The van der Waals surface area contributed by atoms with Crippen molar-refractivity contribution in [3.05, 3.63) is 64.9 Å². The highest BCUT2D eigenvalue weighted by Gasteiger charge is 2.19. The van der Waals surface area contributed by atoms with Gasteiger partial charge in [0.05, 0.1) is 6.04 Å². The van der Waals surface area contributed by atoms with Crippen LogP contribution in [0.15, 0.2) is 42.1 Å². The molecule has 3 nitrogen and oxygen atoms in total. The van der Waals surface area contributed by atoms with Crippen molar-refractivity contribution in [2.45, 2.75) is 26.3 Å². The van der Waals surface area contributed by atoms with Gasteiger partial charge < -0.3 is 10.2 Å². The topological polar surface area (TPSA) is 32.3 Å². The fourth-order valence-electron chi connectivity index (χ4n) is 2.68. The third-order valence-electron chi connectivity index (χ3n) is 4.08. The number of hydrogen-bond acceptors (Lipinski definition) is 2. The van der Waals surface area contributed by atoms with Gasteiger partial charge in [0.15, 0.2) is 0 Å². The van der Waals surface area contributed by atoms with Crippen LogP contribution in [-0.2, 0) is 0 Å². The molecule has 0 radical (unpaired) electrons. The lowest BCUT2D eigenvalue weighted by atomic mass is 9.96. The molecule has 1 unspecified atom stereocenters. The lowest BCUT2D eigenvalue weighted by Crippen LogP contribution is -2.25. The Bertz CT molecular complexity index is 712. The van der Waals surface area contributed by atoms with E-state index in [-0.39, 0.29) is 17.2 Å². The molecule has 1 aromatic carbocycles. The van der Waals surface area contributed by atoms with E-state index < -0.39 is 17.5 Å². The lowest BCUT2D eigenvalue weighted by Gasteiger charge is -2.26. The first-order valence-corrected chi connectivity index (χ1v) is 7.88. The minimum absolute atomic E-state index is 0.0276. The van der Waals surface area contributed by atoms with Gasteiger partial charge in [0, 0.05) is 25.2 Å². The van der Waals surface area contributed by atoms with Crippen LogP contribution in [0.1, 0.15) is 36.2 Å². The van der Waals surface area contributed by atoms with Crippen LogP contribution >= 0.6 is 0 Å². The highest BCUT2D eigenvalue weighted by molar-refractivity contribution is 5.94. The summed E-state index contributed by atoms with van der Waals surface area (Å²) in [5.41, 5.74) is 1.57. The maximum Gasteiger partial charge on any atom is 0.251 e. The second-order valence-corrected chi connectivity index (χ2v) is 5.82. The first-order chi connectivity index (χ1) is 11.4. The summed E-state index contributed by atoms with van der Waals surface area (Å²) in [6.07, 6.45) is 8.28. The quantitative estimate of drug-likeness (QED) is 0.907. The summed E-state index contributed by atoms with van der Waals surface area (Å²) in [6, 6.07) is 2.08. The number of nitrogens with zero attached hydrogens (tertiary/aromatic N) is 1. The minimum Gasteiger partial charge on any atom is -0.371 e. The molecule has 5 heteroatoms. The molecule has 2 rings (SSSR count). The number of likely N-dealkylation sites (N-methyl/N-ethyl adjacent to an activating group) is 1. The van der Waals surface area contributed by atoms with E-state index in [1.54, 1.807) is 0 Å². The van der Waals surface area contributed by atoms with Crippen LogP contribution in [0.5, 0.6) is 0 Å². The maximum absolute atomic E-state index is 14.5. The lowest BCUT2D eigenvalue weighted by molar-refractivity contribution is 0.0962. The molecule has 0 spiro atoms. The fraction of sp³-hybridized carbons (Fsp3) is 0.316. The summed E-state index contributed by atoms with van der Waals surface area (Å²) in [4.78, 5) is 13.6. The zero-order chi connectivity index (χ0) is 17.9. The fourth-order valence-corrected chi connectivity index (χ4v) is 2.68. The van der Waals surface area contributed by atoms with Crippen LogP contribution < -0.4 is 5.32 Å². The molecular formula is C19H22F2N2O. The number of allylic oxidation sites excluding steroid dienone is 3. The summed E-state index contributed by atoms with van der Waals surface area (Å²) >= 11 is 0. The maximum atomic E-state index is 14.5. The average molecular weight is 332 g/mol. The molecule has 0 fully saturated rings. The number of carbonyl (C=O) groups excluding carboxylic acids is 1. The Morgan fingerprint density at radius 2 is 1.96 bits per heavy atom. The molecule has 0 aliphatic carbocycles. The van der Waals surface area contributed by atoms with E-state index in [2.05, 4.69) is 5.32 Å². The van der Waals surface area contributed by atoms with E-state index in [1.807, 2.05) is 50.2 Å². The highest BCUT2D eigenvalue weighted by atomic mass is 19.1. The van der Waals surface area contributed by atoms with Crippen molar-refractivity contribution < 1.29 is 13.6 Å². The van der Waals surface area contributed by atoms with Gasteiger partial charge in [-0.15, -0.1) is 0 Å². The second-order valence-electron chi connectivity index (χ2n) is 5.82. The zero-order valence-electron chi connectivity index (χ0n) is 14.4. The molecule has 1 heterocycles. The van der Waals surface area contributed by atoms with Gasteiger partial charge in [0.25, 0.3) is 5.91 Å². The molecule has 0 bridgehead atoms. The van der Waals surface area contributed by atoms with E-state index in [9.17, 15) is 13.6 Å². The van der Waals surface area contributed by atoms with Crippen molar-refractivity contribution in [2.24, 2.45) is 0 Å². The molecule has 1 aromatic rings. The SMILES string of the molecule is CC/C(=C\C1C=C(C)C=CN1C)c1c(F)cc(C(=O)NC)cc1F. The highest BCUT2D eigenvalue weighted by Crippen LogP contribution is 2.28. The summed E-state index contributed by atoms with van der Waals surface area (Å²) in [5.74, 6) is -1.97. The Hall–Kier alpha value is -2.43. The number of carbonyl (C=O) groups is 1. The Morgan fingerprint density at radius 3 is 2.50 bits per heavy atom. The van der Waals surface area contributed by atoms with Gasteiger partial charge in [-0.3, -0.25) is 4.79 Å². The Kier molecular flexibility index (Phi) is 5.54. The third kappa shape index (κ3) is 3.72. The first kappa shape index (κ1) is 17.9. The smallest absolute Gasteiger partial charge is 0.251 e. The first-order valence-electron chi connectivity index (χ1n) is 7.88. The number of nitrogens with one attached hydrogen (secondary N) is 1. The molecule has 1 aliphatic heterocycles. The molecular weight excluding hydrogens is 310 g/mol. The summed E-state index contributed by atoms with van der Waals surface area (Å²) < 4.78 is 28.9. The van der Waals surface area contributed by atoms with Gasteiger partial charge >= 0.3 is 0 Å². The minimum atomic E-state index is -0.726. The van der Waals surface area contributed by atoms with Crippen molar-refractivity contribution in [2.75, 3.05) is 14.1 Å². The van der Waals surface area contributed by atoms with E-state index in [0.29, 0.717) is 12.0 Å². The van der Waals surface area contributed by atoms with Gasteiger partial charge in [-0.2, -0.15) is 0 Å². The molecule has 1 aliphatic rings. The molecule has 0 saturated heterocycles. The molecule has 1 amide bonds. The Morgan fingerprint density at radius 1 is 1.33 bits per heavy atom. The molecule has 0 saturated carbocycles. The third-order valence-corrected chi connectivity index (χ3v) is 4.08. The molecule has 1 N–H and O–H groups in total. The molecule has 1 atom stereocenters. The van der Waals surface area contributed by atoms with E-state index >= 15 is 0 Å². The number of rotatable bonds is 4. The predicted octanol–water partition coefficient (Wildman–Crippen LogP) is 3.89. The van der Waals surface area contributed by atoms with Crippen molar-refractivity contribution in [3.8, 4) is 0 Å². The zero-order valence-corrected chi connectivity index (χ0v) is 14.4. The Balaban J connectivity index is 2.46. The van der Waals surface area contributed by atoms with Crippen molar-refractivity contribution in [1.82, 2.24) is 10.2 Å². The molecule has 0 aromatic heterocycles. The number of halogens is 2. The summed E-state index contributed by atoms with van der Waals surface area (Å²) in [5, 5.41) is 2.37. The van der Waals surface area contributed by atoms with Crippen molar-refractivity contribution >= 4 is 11.5 Å². The number of amides is 1. The number of benzene rings is 1. The van der Waals surface area contributed by atoms with Crippen molar-refractivity contribution in [1.29, 1.82) is 0 Å². The van der Waals surface area contributed by atoms with Crippen molar-refractivity contribution in [3.63, 3.8) is 0 Å². The van der Waals surface area contributed by atoms with Gasteiger partial charge in [0.1, 0.15) is 11.6 Å². The normalized spacial score (nSPS) is 17.8. The summed E-state index contributed by atoms with van der Waals surface area (Å²) in [7, 11) is 3.33. The van der Waals surface area contributed by atoms with E-state index in [0.717, 1.165) is 17.7 Å². The van der Waals surface area contributed by atoms with Crippen LogP contribution in [0, 0.1) is 11.6 Å². The molecule has 24 heavy (non-hydrogen) atoms. The molecule has 128 valence electrons. The van der Waals surface area contributed by atoms with E-state index in [4.69, 9.17) is 0 Å². The van der Waals surface area contributed by atoms with Gasteiger partial charge in [-0.05, 0) is 43.3 Å². The van der Waals surface area contributed by atoms with Crippen LogP contribution in [0.25, 0.3) is 5.57 Å². The standard InChI is InChI=1S/C19H22F2N2O/c1-5-13(9-15-8-12(2)6-7-23(15)4)18-16(20)10-14(11-17(18)21)19(24)22-3/h6-11,15H,5H2,1-4H3,(H,22,24)/b13-9+. The van der Waals surface area contributed by atoms with Gasteiger partial charge in [-0.25, -0.2) is 8.78 Å².